The van der Waals surface area contributed by atoms with Crippen LogP contribution in [0.2, 0.25) is 0 Å². The summed E-state index contributed by atoms with van der Waals surface area (Å²) in [6.07, 6.45) is 2.51. The van der Waals surface area contributed by atoms with Gasteiger partial charge in [0.2, 0.25) is 0 Å². The minimum Gasteiger partial charge on any atom is -0.492 e. The predicted molar refractivity (Wildman–Crippen MR) is 86.3 cm³/mol. The molecule has 1 N–H and O–H groups in total. The van der Waals surface area contributed by atoms with Gasteiger partial charge in [-0.15, -0.1) is 0 Å². The minimum absolute atomic E-state index is 0.518. The quantitative estimate of drug-likeness (QED) is 0.711. The molecule has 0 aromatic heterocycles. The lowest BCUT2D eigenvalue weighted by Gasteiger charge is -2.16. The van der Waals surface area contributed by atoms with Crippen LogP contribution in [0.1, 0.15) is 39.2 Å². The summed E-state index contributed by atoms with van der Waals surface area (Å²) in [5, 5.41) is 3.41. The molecule has 0 saturated heterocycles. The molecule has 0 bridgehead atoms. The van der Waals surface area contributed by atoms with Gasteiger partial charge in [-0.2, -0.15) is 0 Å². The zero-order valence-electron chi connectivity index (χ0n) is 13.5. The Balaban J connectivity index is 2.24. The van der Waals surface area contributed by atoms with Crippen LogP contribution in [0.5, 0.6) is 5.75 Å². The lowest BCUT2D eigenvalue weighted by molar-refractivity contribution is 0.235. The third-order valence-corrected chi connectivity index (χ3v) is 3.27. The zero-order valence-corrected chi connectivity index (χ0v) is 13.5. The maximum atomic E-state index is 5.78. The molecule has 1 aromatic carbocycles. The lowest BCUT2D eigenvalue weighted by atomic mass is 10.2. The SMILES string of the molecule is CCCCN(C)CCOc1ccc(CNC(C)C)cc1. The summed E-state index contributed by atoms with van der Waals surface area (Å²) in [7, 11) is 2.15. The molecular weight excluding hydrogens is 248 g/mol. The van der Waals surface area contributed by atoms with Gasteiger partial charge in [-0.25, -0.2) is 0 Å². The number of nitrogens with one attached hydrogen (secondary N) is 1. The van der Waals surface area contributed by atoms with Gasteiger partial charge >= 0.3 is 0 Å². The second kappa shape index (κ2) is 9.78. The lowest BCUT2D eigenvalue weighted by Crippen LogP contribution is -2.25. The molecule has 1 aromatic rings. The minimum atomic E-state index is 0.518. The van der Waals surface area contributed by atoms with Crippen LogP contribution in [0.3, 0.4) is 0 Å². The highest BCUT2D eigenvalue weighted by molar-refractivity contribution is 5.27. The first kappa shape index (κ1) is 17.0. The summed E-state index contributed by atoms with van der Waals surface area (Å²) in [4.78, 5) is 2.32. The maximum Gasteiger partial charge on any atom is 0.119 e. The van der Waals surface area contributed by atoms with E-state index in [1.165, 1.54) is 18.4 Å². The molecule has 0 unspecified atom stereocenters. The van der Waals surface area contributed by atoms with Crippen molar-refractivity contribution >= 4 is 0 Å². The van der Waals surface area contributed by atoms with Crippen LogP contribution in [-0.4, -0.2) is 37.7 Å². The number of unbranched alkanes of at least 4 members (excludes halogenated alkanes) is 1. The first-order valence-corrected chi connectivity index (χ1v) is 7.75. The van der Waals surface area contributed by atoms with Gasteiger partial charge in [-0.1, -0.05) is 39.3 Å². The Labute approximate surface area is 124 Å². The van der Waals surface area contributed by atoms with Crippen molar-refractivity contribution in [3.05, 3.63) is 29.8 Å². The van der Waals surface area contributed by atoms with Gasteiger partial charge in [0.1, 0.15) is 12.4 Å². The van der Waals surface area contributed by atoms with E-state index in [2.05, 4.69) is 62.3 Å². The fourth-order valence-corrected chi connectivity index (χ4v) is 1.88. The normalized spacial score (nSPS) is 11.3. The van der Waals surface area contributed by atoms with E-state index < -0.39 is 0 Å². The van der Waals surface area contributed by atoms with Gasteiger partial charge in [-0.05, 0) is 37.7 Å². The predicted octanol–water partition coefficient (Wildman–Crippen LogP) is 3.30. The second-order valence-electron chi connectivity index (χ2n) is 5.68. The van der Waals surface area contributed by atoms with Gasteiger partial charge in [0.15, 0.2) is 0 Å². The molecule has 0 fully saturated rings. The van der Waals surface area contributed by atoms with Crippen molar-refractivity contribution in [2.24, 2.45) is 0 Å². The molecule has 114 valence electrons. The van der Waals surface area contributed by atoms with Gasteiger partial charge in [-0.3, -0.25) is 0 Å². The molecular formula is C17H30N2O. The standard InChI is InChI=1S/C17H30N2O/c1-5-6-11-19(4)12-13-20-17-9-7-16(8-10-17)14-18-15(2)3/h7-10,15,18H,5-6,11-14H2,1-4H3. The van der Waals surface area contributed by atoms with Crippen molar-refractivity contribution in [3.63, 3.8) is 0 Å². The van der Waals surface area contributed by atoms with Crippen molar-refractivity contribution in [3.8, 4) is 5.75 Å². The monoisotopic (exact) mass is 278 g/mol. The summed E-state index contributed by atoms with van der Waals surface area (Å²) in [5.41, 5.74) is 1.30. The van der Waals surface area contributed by atoms with Crippen LogP contribution < -0.4 is 10.1 Å². The Morgan fingerprint density at radius 1 is 1.15 bits per heavy atom. The largest absolute Gasteiger partial charge is 0.492 e. The summed E-state index contributed by atoms with van der Waals surface area (Å²) in [5.74, 6) is 0.960. The molecule has 20 heavy (non-hydrogen) atoms. The number of hydrogen-bond donors (Lipinski definition) is 1. The van der Waals surface area contributed by atoms with Crippen molar-refractivity contribution in [1.29, 1.82) is 0 Å². The number of nitrogens with zero attached hydrogens (tertiary/aromatic N) is 1. The van der Waals surface area contributed by atoms with Crippen LogP contribution in [0, 0.1) is 0 Å². The van der Waals surface area contributed by atoms with E-state index in [1.807, 2.05) is 0 Å². The Hall–Kier alpha value is -1.06. The molecule has 0 aliphatic carbocycles. The van der Waals surface area contributed by atoms with Crippen molar-refractivity contribution in [2.45, 2.75) is 46.2 Å². The van der Waals surface area contributed by atoms with E-state index in [0.29, 0.717) is 6.04 Å². The average molecular weight is 278 g/mol. The number of ether oxygens (including phenoxy) is 1. The summed E-state index contributed by atoms with van der Waals surface area (Å²) < 4.78 is 5.78. The number of benzene rings is 1. The highest BCUT2D eigenvalue weighted by atomic mass is 16.5. The first-order valence-electron chi connectivity index (χ1n) is 7.75. The Morgan fingerprint density at radius 3 is 2.45 bits per heavy atom. The number of rotatable bonds is 10. The van der Waals surface area contributed by atoms with E-state index in [1.54, 1.807) is 0 Å². The van der Waals surface area contributed by atoms with Crippen molar-refractivity contribution < 1.29 is 4.74 Å². The smallest absolute Gasteiger partial charge is 0.119 e. The summed E-state index contributed by atoms with van der Waals surface area (Å²) in [6, 6.07) is 8.90. The summed E-state index contributed by atoms with van der Waals surface area (Å²) >= 11 is 0. The van der Waals surface area contributed by atoms with E-state index in [-0.39, 0.29) is 0 Å². The van der Waals surface area contributed by atoms with Gasteiger partial charge in [0, 0.05) is 19.1 Å². The molecule has 0 amide bonds. The Bertz CT molecular complexity index is 349. The van der Waals surface area contributed by atoms with Gasteiger partial charge in [0.05, 0.1) is 0 Å². The van der Waals surface area contributed by atoms with E-state index in [0.717, 1.165) is 32.0 Å². The Kier molecular flexibility index (Phi) is 8.31. The van der Waals surface area contributed by atoms with E-state index >= 15 is 0 Å². The Morgan fingerprint density at radius 2 is 1.85 bits per heavy atom. The van der Waals surface area contributed by atoms with Crippen LogP contribution in [0.15, 0.2) is 24.3 Å². The average Bonchev–Trinajstić information content (AvgIpc) is 2.44. The third kappa shape index (κ3) is 7.51. The van der Waals surface area contributed by atoms with Crippen LogP contribution in [0.4, 0.5) is 0 Å². The fourth-order valence-electron chi connectivity index (χ4n) is 1.88. The molecule has 0 saturated carbocycles. The molecule has 3 heteroatoms. The maximum absolute atomic E-state index is 5.78. The van der Waals surface area contributed by atoms with Crippen molar-refractivity contribution in [1.82, 2.24) is 10.2 Å². The molecule has 3 nitrogen and oxygen atoms in total. The van der Waals surface area contributed by atoms with E-state index in [9.17, 15) is 0 Å². The first-order chi connectivity index (χ1) is 9.61. The third-order valence-electron chi connectivity index (χ3n) is 3.27. The number of hydrogen-bond acceptors (Lipinski definition) is 3. The highest BCUT2D eigenvalue weighted by Crippen LogP contribution is 2.12. The van der Waals surface area contributed by atoms with Gasteiger partial charge < -0.3 is 15.0 Å². The molecule has 0 atom stereocenters. The zero-order chi connectivity index (χ0) is 14.8. The van der Waals surface area contributed by atoms with Gasteiger partial charge in [0.25, 0.3) is 0 Å². The van der Waals surface area contributed by atoms with Crippen LogP contribution in [-0.2, 0) is 6.54 Å². The topological polar surface area (TPSA) is 24.5 Å². The fraction of sp³-hybridized carbons (Fsp3) is 0.647. The number of likely N-dealkylation sites (N-methyl/N-ethyl adjacent to an activating group) is 1. The molecule has 0 aliphatic heterocycles. The van der Waals surface area contributed by atoms with E-state index in [4.69, 9.17) is 4.74 Å². The van der Waals surface area contributed by atoms with Crippen LogP contribution in [0.25, 0.3) is 0 Å². The highest BCUT2D eigenvalue weighted by Gasteiger charge is 2.00. The molecule has 0 heterocycles. The molecule has 1 rings (SSSR count). The van der Waals surface area contributed by atoms with Crippen LogP contribution >= 0.6 is 0 Å². The second-order valence-corrected chi connectivity index (χ2v) is 5.68. The molecule has 0 radical (unpaired) electrons. The molecule has 0 spiro atoms. The molecule has 0 aliphatic rings. The summed E-state index contributed by atoms with van der Waals surface area (Å²) in [6.45, 7) is 10.3. The van der Waals surface area contributed by atoms with Crippen molar-refractivity contribution in [2.75, 3.05) is 26.7 Å².